The molecule has 1 atom stereocenters. The van der Waals surface area contributed by atoms with E-state index < -0.39 is 5.60 Å². The Labute approximate surface area is 131 Å². The Morgan fingerprint density at radius 1 is 1.18 bits per heavy atom. The Balaban J connectivity index is 1.73. The molecule has 22 heavy (non-hydrogen) atoms. The molecule has 0 amide bonds. The number of benzene rings is 1. The second-order valence-corrected chi connectivity index (χ2v) is 6.11. The number of aromatic nitrogens is 1. The number of aliphatic hydroxyl groups is 2. The second-order valence-electron chi connectivity index (χ2n) is 6.11. The summed E-state index contributed by atoms with van der Waals surface area (Å²) < 4.78 is 0. The summed E-state index contributed by atoms with van der Waals surface area (Å²) in [4.78, 5) is 6.59. The van der Waals surface area contributed by atoms with Crippen LogP contribution in [0.5, 0.6) is 0 Å². The third kappa shape index (κ3) is 3.53. The van der Waals surface area contributed by atoms with Crippen LogP contribution in [0.2, 0.25) is 0 Å². The molecule has 0 spiro atoms. The molecule has 0 unspecified atom stereocenters. The Morgan fingerprint density at radius 2 is 2.09 bits per heavy atom. The maximum Gasteiger partial charge on any atom is 0.100 e. The van der Waals surface area contributed by atoms with Gasteiger partial charge < -0.3 is 10.2 Å². The first kappa shape index (κ1) is 15.2. The van der Waals surface area contributed by atoms with Crippen LogP contribution in [0.1, 0.15) is 18.4 Å². The molecule has 2 heterocycles. The van der Waals surface area contributed by atoms with E-state index in [1.165, 1.54) is 5.56 Å². The van der Waals surface area contributed by atoms with Crippen LogP contribution in [-0.2, 0) is 6.54 Å². The molecule has 3 rings (SSSR count). The van der Waals surface area contributed by atoms with E-state index in [2.05, 4.69) is 28.1 Å². The number of rotatable bonds is 4. The predicted octanol–water partition coefficient (Wildman–Crippen LogP) is 2.07. The van der Waals surface area contributed by atoms with E-state index in [9.17, 15) is 10.2 Å². The smallest absolute Gasteiger partial charge is 0.100 e. The van der Waals surface area contributed by atoms with E-state index in [4.69, 9.17) is 0 Å². The van der Waals surface area contributed by atoms with Gasteiger partial charge in [0, 0.05) is 24.8 Å². The standard InChI is InChI=1S/C18H22N2O2/c21-14-18(22)8-4-10-20(13-18)12-15-5-3-6-16(11-15)17-7-1-2-9-19-17/h1-3,5-7,9,11,21-22H,4,8,10,12-14H2/t18-/m1/s1. The van der Waals surface area contributed by atoms with Gasteiger partial charge in [0.1, 0.15) is 5.60 Å². The van der Waals surface area contributed by atoms with Gasteiger partial charge in [-0.3, -0.25) is 9.88 Å². The molecular weight excluding hydrogens is 276 g/mol. The summed E-state index contributed by atoms with van der Waals surface area (Å²) in [6.45, 7) is 2.09. The van der Waals surface area contributed by atoms with Gasteiger partial charge in [-0.15, -0.1) is 0 Å². The summed E-state index contributed by atoms with van der Waals surface area (Å²) in [7, 11) is 0. The molecular formula is C18H22N2O2. The normalized spacial score (nSPS) is 22.6. The van der Waals surface area contributed by atoms with Gasteiger partial charge in [0.25, 0.3) is 0 Å². The van der Waals surface area contributed by atoms with E-state index in [0.717, 1.165) is 30.8 Å². The number of nitrogens with zero attached hydrogens (tertiary/aromatic N) is 2. The van der Waals surface area contributed by atoms with Gasteiger partial charge in [0.05, 0.1) is 12.3 Å². The van der Waals surface area contributed by atoms with Gasteiger partial charge >= 0.3 is 0 Å². The molecule has 0 bridgehead atoms. The van der Waals surface area contributed by atoms with Crippen molar-refractivity contribution in [1.82, 2.24) is 9.88 Å². The number of likely N-dealkylation sites (tertiary alicyclic amines) is 1. The van der Waals surface area contributed by atoms with Crippen LogP contribution in [-0.4, -0.2) is 45.4 Å². The van der Waals surface area contributed by atoms with Crippen molar-refractivity contribution in [3.05, 3.63) is 54.2 Å². The highest BCUT2D eigenvalue weighted by Gasteiger charge is 2.32. The second kappa shape index (κ2) is 6.57. The van der Waals surface area contributed by atoms with Gasteiger partial charge in [-0.25, -0.2) is 0 Å². The number of hydrogen-bond donors (Lipinski definition) is 2. The molecule has 4 nitrogen and oxygen atoms in total. The Kier molecular flexibility index (Phi) is 4.52. The van der Waals surface area contributed by atoms with E-state index in [1.54, 1.807) is 6.20 Å². The molecule has 1 saturated heterocycles. The van der Waals surface area contributed by atoms with Crippen molar-refractivity contribution in [2.45, 2.75) is 25.0 Å². The predicted molar refractivity (Wildman–Crippen MR) is 86.2 cm³/mol. The van der Waals surface area contributed by atoms with Crippen LogP contribution in [0.15, 0.2) is 48.7 Å². The first-order chi connectivity index (χ1) is 10.7. The zero-order valence-electron chi connectivity index (χ0n) is 12.7. The maximum absolute atomic E-state index is 10.3. The molecule has 1 aliphatic rings. The highest BCUT2D eigenvalue weighted by molar-refractivity contribution is 5.59. The van der Waals surface area contributed by atoms with Gasteiger partial charge in [-0.05, 0) is 43.1 Å². The van der Waals surface area contributed by atoms with Crippen molar-refractivity contribution in [2.75, 3.05) is 19.7 Å². The van der Waals surface area contributed by atoms with Crippen molar-refractivity contribution in [3.63, 3.8) is 0 Å². The third-order valence-electron chi connectivity index (χ3n) is 4.22. The number of piperidine rings is 1. The van der Waals surface area contributed by atoms with Crippen molar-refractivity contribution in [1.29, 1.82) is 0 Å². The first-order valence-corrected chi connectivity index (χ1v) is 7.74. The SMILES string of the molecule is OC[C@@]1(O)CCCN(Cc2cccc(-c3ccccn3)c2)C1. The quantitative estimate of drug-likeness (QED) is 0.907. The number of hydrogen-bond acceptors (Lipinski definition) is 4. The van der Waals surface area contributed by atoms with E-state index in [-0.39, 0.29) is 6.61 Å². The fraction of sp³-hybridized carbons (Fsp3) is 0.389. The van der Waals surface area contributed by atoms with Gasteiger partial charge in [-0.1, -0.05) is 24.3 Å². The number of β-amino-alcohol motifs (C(OH)–C–C–N with tert-alkyl or cyclic N) is 1. The Morgan fingerprint density at radius 3 is 2.86 bits per heavy atom. The zero-order valence-corrected chi connectivity index (χ0v) is 12.7. The summed E-state index contributed by atoms with van der Waals surface area (Å²) in [5, 5.41) is 19.6. The monoisotopic (exact) mass is 298 g/mol. The Bertz CT molecular complexity index is 617. The van der Waals surface area contributed by atoms with E-state index >= 15 is 0 Å². The van der Waals surface area contributed by atoms with Crippen LogP contribution < -0.4 is 0 Å². The molecule has 1 aromatic heterocycles. The highest BCUT2D eigenvalue weighted by atomic mass is 16.3. The minimum absolute atomic E-state index is 0.169. The fourth-order valence-corrected chi connectivity index (χ4v) is 3.09. The lowest BCUT2D eigenvalue weighted by atomic mass is 9.93. The average molecular weight is 298 g/mol. The first-order valence-electron chi connectivity index (χ1n) is 7.74. The molecule has 1 fully saturated rings. The molecule has 2 N–H and O–H groups in total. The highest BCUT2D eigenvalue weighted by Crippen LogP contribution is 2.23. The molecule has 116 valence electrons. The molecule has 1 aliphatic heterocycles. The lowest BCUT2D eigenvalue weighted by molar-refractivity contribution is -0.0687. The zero-order chi connectivity index (χ0) is 15.4. The summed E-state index contributed by atoms with van der Waals surface area (Å²) in [5.74, 6) is 0. The van der Waals surface area contributed by atoms with E-state index in [1.807, 2.05) is 24.3 Å². The van der Waals surface area contributed by atoms with Crippen molar-refractivity contribution in [2.24, 2.45) is 0 Å². The van der Waals surface area contributed by atoms with Crippen LogP contribution in [0.4, 0.5) is 0 Å². The lowest BCUT2D eigenvalue weighted by Crippen LogP contribution is -2.50. The fourth-order valence-electron chi connectivity index (χ4n) is 3.09. The van der Waals surface area contributed by atoms with E-state index in [0.29, 0.717) is 13.0 Å². The molecule has 4 heteroatoms. The number of aliphatic hydroxyl groups excluding tert-OH is 1. The molecule has 1 aromatic carbocycles. The number of pyridine rings is 1. The summed E-state index contributed by atoms with van der Waals surface area (Å²) in [6, 6.07) is 14.3. The largest absolute Gasteiger partial charge is 0.393 e. The molecule has 0 saturated carbocycles. The molecule has 0 radical (unpaired) electrons. The van der Waals surface area contributed by atoms with Crippen LogP contribution >= 0.6 is 0 Å². The van der Waals surface area contributed by atoms with Crippen molar-refractivity contribution < 1.29 is 10.2 Å². The third-order valence-corrected chi connectivity index (χ3v) is 4.22. The Hall–Kier alpha value is -1.75. The van der Waals surface area contributed by atoms with Crippen molar-refractivity contribution in [3.8, 4) is 11.3 Å². The van der Waals surface area contributed by atoms with Crippen LogP contribution in [0.3, 0.4) is 0 Å². The summed E-state index contributed by atoms with van der Waals surface area (Å²) in [6.07, 6.45) is 3.39. The maximum atomic E-state index is 10.3. The van der Waals surface area contributed by atoms with Gasteiger partial charge in [0.15, 0.2) is 0 Å². The minimum Gasteiger partial charge on any atom is -0.393 e. The average Bonchev–Trinajstić information content (AvgIpc) is 2.56. The lowest BCUT2D eigenvalue weighted by Gasteiger charge is -2.38. The topological polar surface area (TPSA) is 56.6 Å². The van der Waals surface area contributed by atoms with Crippen molar-refractivity contribution >= 4 is 0 Å². The van der Waals surface area contributed by atoms with Crippen LogP contribution in [0, 0.1) is 0 Å². The molecule has 2 aromatic rings. The summed E-state index contributed by atoms with van der Waals surface area (Å²) in [5.41, 5.74) is 2.32. The van der Waals surface area contributed by atoms with Gasteiger partial charge in [0.2, 0.25) is 0 Å². The van der Waals surface area contributed by atoms with Crippen LogP contribution in [0.25, 0.3) is 11.3 Å². The van der Waals surface area contributed by atoms with Gasteiger partial charge in [-0.2, -0.15) is 0 Å². The molecule has 0 aliphatic carbocycles. The minimum atomic E-state index is -0.948. The summed E-state index contributed by atoms with van der Waals surface area (Å²) >= 11 is 0.